The molecule has 0 radical (unpaired) electrons. The number of carbonyl (C=O) groups excluding carboxylic acids is 1. The number of pyridine rings is 1. The fourth-order valence-corrected chi connectivity index (χ4v) is 5.54. The number of sulfonamides is 1. The highest BCUT2D eigenvalue weighted by molar-refractivity contribution is 7.89. The van der Waals surface area contributed by atoms with Gasteiger partial charge in [0.05, 0.1) is 24.0 Å². The van der Waals surface area contributed by atoms with Crippen LogP contribution in [-0.4, -0.2) is 59.8 Å². The molecule has 1 aliphatic rings. The first-order chi connectivity index (χ1) is 16.0. The predicted octanol–water partition coefficient (Wildman–Crippen LogP) is 2.72. The monoisotopic (exact) mass is 518 g/mol. The van der Waals surface area contributed by atoms with Crippen LogP contribution in [0.1, 0.15) is 36.9 Å². The first-order valence-corrected chi connectivity index (χ1v) is 12.4. The molecule has 10 nitrogen and oxygen atoms in total. The number of anilines is 1. The largest absolute Gasteiger partial charge is 0.467 e. The summed E-state index contributed by atoms with van der Waals surface area (Å²) in [6, 6.07) is 1.36. The van der Waals surface area contributed by atoms with Crippen LogP contribution in [-0.2, 0) is 26.0 Å². The number of imidazole rings is 1. The van der Waals surface area contributed by atoms with Crippen molar-refractivity contribution >= 4 is 38.5 Å². The molecular weight excluding hydrogens is 497 g/mol. The summed E-state index contributed by atoms with van der Waals surface area (Å²) in [5, 5.41) is 9.49. The fourth-order valence-electron chi connectivity index (χ4n) is 3.36. The highest BCUT2D eigenvalue weighted by Gasteiger charge is 2.41. The standard InChI is InChI=1S/C19H21F3N6O4S2/c1-19(4-5-19)27-34(30,31)9-6-11(23-2)13-12(7-10(20)18(29)32-3)24-15(28(13)8-9)17-26-25-16(33-17)14(21)22/h6,8,10,14,23,27H,4-5,7H2,1-3H3. The van der Waals surface area contributed by atoms with Crippen LogP contribution in [0, 0.1) is 0 Å². The molecule has 0 amide bonds. The van der Waals surface area contributed by atoms with Crippen LogP contribution in [0.5, 0.6) is 0 Å². The Morgan fingerprint density at radius 3 is 2.59 bits per heavy atom. The van der Waals surface area contributed by atoms with E-state index in [4.69, 9.17) is 0 Å². The summed E-state index contributed by atoms with van der Waals surface area (Å²) in [7, 11) is -1.38. The minimum absolute atomic E-state index is 0.0161. The van der Waals surface area contributed by atoms with Crippen LogP contribution in [0.4, 0.5) is 18.9 Å². The molecule has 3 heterocycles. The third-order valence-electron chi connectivity index (χ3n) is 5.39. The van der Waals surface area contributed by atoms with Crippen LogP contribution in [0.15, 0.2) is 17.2 Å². The average molecular weight is 519 g/mol. The second-order valence-corrected chi connectivity index (χ2v) is 10.7. The van der Waals surface area contributed by atoms with Crippen LogP contribution < -0.4 is 10.0 Å². The Hall–Kier alpha value is -2.78. The normalized spacial score (nSPS) is 16.1. The molecule has 3 aromatic rings. The number of fused-ring (bicyclic) bond motifs is 1. The molecule has 3 aromatic heterocycles. The van der Waals surface area contributed by atoms with Gasteiger partial charge in [-0.1, -0.05) is 11.3 Å². The van der Waals surface area contributed by atoms with E-state index in [0.29, 0.717) is 24.2 Å². The maximum Gasteiger partial charge on any atom is 0.340 e. The second-order valence-electron chi connectivity index (χ2n) is 8.05. The third-order valence-corrected chi connectivity index (χ3v) is 7.92. The van der Waals surface area contributed by atoms with Gasteiger partial charge in [0.25, 0.3) is 6.43 Å². The molecule has 2 N–H and O–H groups in total. The van der Waals surface area contributed by atoms with E-state index < -0.39 is 45.6 Å². The maximum atomic E-state index is 14.5. The Morgan fingerprint density at radius 1 is 1.32 bits per heavy atom. The van der Waals surface area contributed by atoms with E-state index in [2.05, 4.69) is 30.0 Å². The number of carbonyl (C=O) groups is 1. The lowest BCUT2D eigenvalue weighted by molar-refractivity contribution is -0.146. The summed E-state index contributed by atoms with van der Waals surface area (Å²) < 4.78 is 75.1. The summed E-state index contributed by atoms with van der Waals surface area (Å²) in [6.45, 7) is 1.78. The van der Waals surface area contributed by atoms with E-state index in [1.54, 1.807) is 6.92 Å². The van der Waals surface area contributed by atoms with Gasteiger partial charge >= 0.3 is 5.97 Å². The molecule has 1 unspecified atom stereocenters. The smallest absolute Gasteiger partial charge is 0.340 e. The molecule has 1 fully saturated rings. The van der Waals surface area contributed by atoms with Crippen molar-refractivity contribution in [2.45, 2.75) is 49.2 Å². The quantitative estimate of drug-likeness (QED) is 0.414. The molecule has 0 saturated heterocycles. The number of hydrogen-bond donors (Lipinski definition) is 2. The van der Waals surface area contributed by atoms with Gasteiger partial charge in [0.1, 0.15) is 4.90 Å². The molecular formula is C19H21F3N6O4S2. The molecule has 15 heteroatoms. The van der Waals surface area contributed by atoms with Gasteiger partial charge in [0.15, 0.2) is 15.8 Å². The molecule has 0 spiro atoms. The van der Waals surface area contributed by atoms with Crippen LogP contribution in [0.3, 0.4) is 0 Å². The Labute approximate surface area is 196 Å². The Bertz CT molecular complexity index is 1350. The predicted molar refractivity (Wildman–Crippen MR) is 117 cm³/mol. The van der Waals surface area contributed by atoms with E-state index in [-0.39, 0.29) is 32.6 Å². The van der Waals surface area contributed by atoms with Gasteiger partial charge < -0.3 is 10.1 Å². The van der Waals surface area contributed by atoms with Crippen molar-refractivity contribution in [1.82, 2.24) is 24.3 Å². The number of rotatable bonds is 9. The second kappa shape index (κ2) is 8.78. The zero-order valence-corrected chi connectivity index (χ0v) is 19.9. The van der Waals surface area contributed by atoms with E-state index in [9.17, 15) is 26.4 Å². The minimum Gasteiger partial charge on any atom is -0.467 e. The molecule has 184 valence electrons. The van der Waals surface area contributed by atoms with Crippen LogP contribution in [0.25, 0.3) is 16.3 Å². The average Bonchev–Trinajstić information content (AvgIpc) is 3.17. The molecule has 0 aliphatic heterocycles. The lowest BCUT2D eigenvalue weighted by Gasteiger charge is -2.15. The number of esters is 1. The topological polar surface area (TPSA) is 128 Å². The van der Waals surface area contributed by atoms with Crippen molar-refractivity contribution in [2.24, 2.45) is 0 Å². The Morgan fingerprint density at radius 2 is 2.03 bits per heavy atom. The minimum atomic E-state index is -3.96. The number of aromatic nitrogens is 4. The van der Waals surface area contributed by atoms with Crippen LogP contribution >= 0.6 is 11.3 Å². The van der Waals surface area contributed by atoms with Gasteiger partial charge in [0, 0.05) is 25.2 Å². The van der Waals surface area contributed by atoms with E-state index in [0.717, 1.165) is 7.11 Å². The first-order valence-electron chi connectivity index (χ1n) is 10.1. The summed E-state index contributed by atoms with van der Waals surface area (Å²) in [4.78, 5) is 15.9. The highest BCUT2D eigenvalue weighted by Crippen LogP contribution is 2.37. The van der Waals surface area contributed by atoms with Gasteiger partial charge in [-0.05, 0) is 25.8 Å². The molecule has 4 rings (SSSR count). The lowest BCUT2D eigenvalue weighted by Crippen LogP contribution is -2.34. The summed E-state index contributed by atoms with van der Waals surface area (Å²) in [6.07, 6.45) is -2.76. The van der Waals surface area contributed by atoms with E-state index in [1.165, 1.54) is 23.7 Å². The van der Waals surface area contributed by atoms with Gasteiger partial charge in [-0.15, -0.1) is 10.2 Å². The van der Waals surface area contributed by atoms with Gasteiger partial charge in [-0.3, -0.25) is 4.40 Å². The van der Waals surface area contributed by atoms with Gasteiger partial charge in [-0.25, -0.2) is 36.1 Å². The number of halogens is 3. The molecule has 1 aliphatic carbocycles. The number of hydrogen-bond acceptors (Lipinski definition) is 9. The van der Waals surface area contributed by atoms with Gasteiger partial charge in [0.2, 0.25) is 16.2 Å². The SMILES string of the molecule is CNc1cc(S(=O)(=O)NC2(C)CC2)cn2c(-c3nnc(C(F)F)s3)nc(CC(F)C(=O)OC)c12. The maximum absolute atomic E-state index is 14.5. The summed E-state index contributed by atoms with van der Waals surface area (Å²) >= 11 is 0.572. The van der Waals surface area contributed by atoms with Crippen molar-refractivity contribution in [3.05, 3.63) is 23.0 Å². The van der Waals surface area contributed by atoms with E-state index >= 15 is 0 Å². The summed E-state index contributed by atoms with van der Waals surface area (Å²) in [5.41, 5.74) is 0.0731. The molecule has 1 saturated carbocycles. The van der Waals surface area contributed by atoms with Crippen molar-refractivity contribution < 1.29 is 31.1 Å². The Balaban J connectivity index is 1.91. The molecule has 0 aromatic carbocycles. The number of ether oxygens (including phenoxy) is 1. The third kappa shape index (κ3) is 4.59. The number of nitrogens with one attached hydrogen (secondary N) is 2. The molecule has 34 heavy (non-hydrogen) atoms. The summed E-state index contributed by atoms with van der Waals surface area (Å²) in [5.74, 6) is -1.12. The van der Waals surface area contributed by atoms with Gasteiger partial charge in [-0.2, -0.15) is 0 Å². The molecule has 0 bridgehead atoms. The number of nitrogens with zero attached hydrogens (tertiary/aromatic N) is 4. The van der Waals surface area contributed by atoms with Crippen LogP contribution in [0.2, 0.25) is 0 Å². The fraction of sp³-hybridized carbons (Fsp3) is 0.474. The molecule has 1 atom stereocenters. The Kier molecular flexibility index (Phi) is 6.29. The zero-order chi connectivity index (χ0) is 24.8. The number of methoxy groups -OCH3 is 1. The number of alkyl halides is 3. The van der Waals surface area contributed by atoms with Crippen molar-refractivity contribution in [3.8, 4) is 10.8 Å². The van der Waals surface area contributed by atoms with Crippen molar-refractivity contribution in [3.63, 3.8) is 0 Å². The first kappa shape index (κ1) is 24.3. The van der Waals surface area contributed by atoms with E-state index in [1.807, 2.05) is 0 Å². The van der Waals surface area contributed by atoms with Crippen molar-refractivity contribution in [1.29, 1.82) is 0 Å². The highest BCUT2D eigenvalue weighted by atomic mass is 32.2. The zero-order valence-electron chi connectivity index (χ0n) is 18.3. The lowest BCUT2D eigenvalue weighted by atomic mass is 10.1. The van der Waals surface area contributed by atoms with Crippen molar-refractivity contribution in [2.75, 3.05) is 19.5 Å².